The van der Waals surface area contributed by atoms with Gasteiger partial charge in [0.1, 0.15) is 5.00 Å². The van der Waals surface area contributed by atoms with Crippen molar-refractivity contribution < 1.29 is 14.3 Å². The first-order chi connectivity index (χ1) is 12.5. The molecule has 0 aliphatic heterocycles. The molecule has 1 aromatic carbocycles. The Labute approximate surface area is 159 Å². The molecule has 6 heteroatoms. The molecule has 0 aliphatic carbocycles. The Bertz CT molecular complexity index is 756. The number of benzene rings is 1. The maximum absolute atomic E-state index is 12.5. The predicted molar refractivity (Wildman–Crippen MR) is 106 cm³/mol. The smallest absolute Gasteiger partial charge is 0.341 e. The van der Waals surface area contributed by atoms with Gasteiger partial charge in [0.25, 0.3) is 0 Å². The number of carbonyl (C=O) groups is 2. The van der Waals surface area contributed by atoms with Crippen LogP contribution in [-0.2, 0) is 16.1 Å². The molecule has 0 aliphatic rings. The summed E-state index contributed by atoms with van der Waals surface area (Å²) in [7, 11) is 0. The van der Waals surface area contributed by atoms with E-state index >= 15 is 0 Å². The number of rotatable bonds is 8. The highest BCUT2D eigenvalue weighted by atomic mass is 32.1. The number of nitrogens with one attached hydrogen (secondary N) is 1. The van der Waals surface area contributed by atoms with E-state index in [2.05, 4.69) is 10.2 Å². The van der Waals surface area contributed by atoms with Crippen molar-refractivity contribution in [3.05, 3.63) is 51.9 Å². The van der Waals surface area contributed by atoms with Gasteiger partial charge in [-0.05, 0) is 38.4 Å². The lowest BCUT2D eigenvalue weighted by Crippen LogP contribution is -2.32. The number of aryl methyl sites for hydroxylation is 1. The quantitative estimate of drug-likeness (QED) is 0.710. The van der Waals surface area contributed by atoms with Crippen molar-refractivity contribution in [1.29, 1.82) is 0 Å². The SMILES string of the molecule is CCOC(=O)c1c(NC(=O)CN(CC)Cc2ccccc2)sc(C)c1C. The summed E-state index contributed by atoms with van der Waals surface area (Å²) in [6.07, 6.45) is 0. The minimum absolute atomic E-state index is 0.130. The molecule has 5 nitrogen and oxygen atoms in total. The maximum atomic E-state index is 12.5. The van der Waals surface area contributed by atoms with Gasteiger partial charge in [0.2, 0.25) is 5.91 Å². The summed E-state index contributed by atoms with van der Waals surface area (Å²) in [6, 6.07) is 10.1. The number of ether oxygens (including phenoxy) is 1. The molecule has 1 heterocycles. The van der Waals surface area contributed by atoms with Gasteiger partial charge in [-0.3, -0.25) is 9.69 Å². The van der Waals surface area contributed by atoms with Gasteiger partial charge in [0.05, 0.1) is 18.7 Å². The van der Waals surface area contributed by atoms with Gasteiger partial charge in [-0.15, -0.1) is 11.3 Å². The van der Waals surface area contributed by atoms with Crippen molar-refractivity contribution in [2.45, 2.75) is 34.2 Å². The minimum atomic E-state index is -0.388. The highest BCUT2D eigenvalue weighted by Crippen LogP contribution is 2.33. The van der Waals surface area contributed by atoms with E-state index in [0.29, 0.717) is 23.7 Å². The van der Waals surface area contributed by atoms with Crippen LogP contribution in [0.15, 0.2) is 30.3 Å². The van der Waals surface area contributed by atoms with Gasteiger partial charge in [-0.25, -0.2) is 4.79 Å². The van der Waals surface area contributed by atoms with Gasteiger partial charge >= 0.3 is 5.97 Å². The van der Waals surface area contributed by atoms with Crippen LogP contribution < -0.4 is 5.32 Å². The molecule has 0 saturated heterocycles. The third-order valence-electron chi connectivity index (χ3n) is 4.18. The topological polar surface area (TPSA) is 58.6 Å². The number of amides is 1. The molecule has 0 spiro atoms. The molecule has 1 N–H and O–H groups in total. The van der Waals surface area contributed by atoms with Crippen LogP contribution in [0.5, 0.6) is 0 Å². The molecule has 0 bridgehead atoms. The summed E-state index contributed by atoms with van der Waals surface area (Å²) >= 11 is 1.41. The Morgan fingerprint density at radius 1 is 1.15 bits per heavy atom. The second kappa shape index (κ2) is 9.50. The van der Waals surface area contributed by atoms with Gasteiger partial charge in [0, 0.05) is 11.4 Å². The Morgan fingerprint density at radius 3 is 2.46 bits per heavy atom. The Kier molecular flexibility index (Phi) is 7.36. The van der Waals surface area contributed by atoms with Crippen LogP contribution >= 0.6 is 11.3 Å². The van der Waals surface area contributed by atoms with E-state index < -0.39 is 0 Å². The summed E-state index contributed by atoms with van der Waals surface area (Å²) < 4.78 is 5.13. The zero-order chi connectivity index (χ0) is 19.1. The standard InChI is InChI=1S/C20H26N2O3S/c1-5-22(12-16-10-8-7-9-11-16)13-17(23)21-19-18(20(24)25-6-2)14(3)15(4)26-19/h7-11H,5-6,12-13H2,1-4H3,(H,21,23). The molecule has 0 saturated carbocycles. The Morgan fingerprint density at radius 2 is 1.85 bits per heavy atom. The van der Waals surface area contributed by atoms with Crippen LogP contribution in [-0.4, -0.2) is 36.5 Å². The molecule has 0 fully saturated rings. The minimum Gasteiger partial charge on any atom is -0.462 e. The highest BCUT2D eigenvalue weighted by Gasteiger charge is 2.22. The lowest BCUT2D eigenvalue weighted by atomic mass is 10.1. The van der Waals surface area contributed by atoms with Crippen molar-refractivity contribution >= 4 is 28.2 Å². The number of hydrogen-bond acceptors (Lipinski definition) is 5. The van der Waals surface area contributed by atoms with E-state index in [1.165, 1.54) is 11.3 Å². The summed E-state index contributed by atoms with van der Waals surface area (Å²) in [5, 5.41) is 3.47. The summed E-state index contributed by atoms with van der Waals surface area (Å²) in [5.41, 5.74) is 2.49. The number of nitrogens with zero attached hydrogens (tertiary/aromatic N) is 1. The number of anilines is 1. The summed E-state index contributed by atoms with van der Waals surface area (Å²) in [5.74, 6) is -0.518. The summed E-state index contributed by atoms with van der Waals surface area (Å²) in [4.78, 5) is 27.8. The average molecular weight is 375 g/mol. The molecule has 0 radical (unpaired) electrons. The van der Waals surface area contributed by atoms with Gasteiger partial charge in [0.15, 0.2) is 0 Å². The van der Waals surface area contributed by atoms with Crippen LogP contribution in [0.25, 0.3) is 0 Å². The molecule has 2 aromatic rings. The molecule has 2 rings (SSSR count). The van der Waals surface area contributed by atoms with Gasteiger partial charge in [-0.2, -0.15) is 0 Å². The van der Waals surface area contributed by atoms with E-state index in [1.54, 1.807) is 6.92 Å². The van der Waals surface area contributed by atoms with Gasteiger partial charge in [-0.1, -0.05) is 37.3 Å². The summed E-state index contributed by atoms with van der Waals surface area (Å²) in [6.45, 7) is 9.65. The van der Waals surface area contributed by atoms with Crippen molar-refractivity contribution in [3.63, 3.8) is 0 Å². The Balaban J connectivity index is 2.07. The zero-order valence-electron chi connectivity index (χ0n) is 15.8. The molecular formula is C20H26N2O3S. The lowest BCUT2D eigenvalue weighted by Gasteiger charge is -2.20. The Hall–Kier alpha value is -2.18. The fourth-order valence-electron chi connectivity index (χ4n) is 2.65. The second-order valence-electron chi connectivity index (χ2n) is 6.04. The number of esters is 1. The molecule has 26 heavy (non-hydrogen) atoms. The molecule has 1 aromatic heterocycles. The third kappa shape index (κ3) is 5.16. The molecule has 140 valence electrons. The fraction of sp³-hybridized carbons (Fsp3) is 0.400. The van der Waals surface area contributed by atoms with E-state index in [9.17, 15) is 9.59 Å². The zero-order valence-corrected chi connectivity index (χ0v) is 16.6. The molecular weight excluding hydrogens is 348 g/mol. The predicted octanol–water partition coefficient (Wildman–Crippen LogP) is 4.00. The third-order valence-corrected chi connectivity index (χ3v) is 5.30. The number of hydrogen-bond donors (Lipinski definition) is 1. The maximum Gasteiger partial charge on any atom is 0.341 e. The van der Waals surface area contributed by atoms with Crippen molar-refractivity contribution in [2.24, 2.45) is 0 Å². The molecule has 0 atom stereocenters. The average Bonchev–Trinajstić information content (AvgIpc) is 2.89. The van der Waals surface area contributed by atoms with Gasteiger partial charge < -0.3 is 10.1 Å². The lowest BCUT2D eigenvalue weighted by molar-refractivity contribution is -0.117. The second-order valence-corrected chi connectivity index (χ2v) is 7.27. The molecule has 1 amide bonds. The fourth-order valence-corrected chi connectivity index (χ4v) is 3.72. The van der Waals surface area contributed by atoms with Crippen molar-refractivity contribution in [1.82, 2.24) is 4.90 Å². The monoisotopic (exact) mass is 374 g/mol. The van der Waals surface area contributed by atoms with Crippen LogP contribution in [0.4, 0.5) is 5.00 Å². The van der Waals surface area contributed by atoms with Crippen LogP contribution in [0, 0.1) is 13.8 Å². The normalized spacial score (nSPS) is 10.8. The van der Waals surface area contributed by atoms with Crippen LogP contribution in [0.2, 0.25) is 0 Å². The van der Waals surface area contributed by atoms with E-state index in [1.807, 2.05) is 51.1 Å². The van der Waals surface area contributed by atoms with Crippen molar-refractivity contribution in [2.75, 3.05) is 25.0 Å². The number of likely N-dealkylation sites (N-methyl/N-ethyl adjacent to an activating group) is 1. The van der Waals surface area contributed by atoms with E-state index in [-0.39, 0.29) is 18.4 Å². The highest BCUT2D eigenvalue weighted by molar-refractivity contribution is 7.16. The van der Waals surface area contributed by atoms with Crippen LogP contribution in [0.3, 0.4) is 0 Å². The first-order valence-electron chi connectivity index (χ1n) is 8.79. The van der Waals surface area contributed by atoms with E-state index in [0.717, 1.165) is 22.5 Å². The number of thiophene rings is 1. The van der Waals surface area contributed by atoms with E-state index in [4.69, 9.17) is 4.74 Å². The van der Waals surface area contributed by atoms with Crippen LogP contribution in [0.1, 0.15) is 40.2 Å². The number of carbonyl (C=O) groups excluding carboxylic acids is 2. The van der Waals surface area contributed by atoms with Crippen molar-refractivity contribution in [3.8, 4) is 0 Å². The first-order valence-corrected chi connectivity index (χ1v) is 9.61. The first kappa shape index (κ1) is 20.1. The largest absolute Gasteiger partial charge is 0.462 e. The molecule has 0 unspecified atom stereocenters.